The summed E-state index contributed by atoms with van der Waals surface area (Å²) in [6.45, 7) is 6.25. The van der Waals surface area contributed by atoms with Crippen LogP contribution in [0, 0.1) is 0 Å². The Labute approximate surface area is 193 Å². The number of ether oxygens (including phenoxy) is 1. The highest BCUT2D eigenvalue weighted by molar-refractivity contribution is 7.99. The summed E-state index contributed by atoms with van der Waals surface area (Å²) in [5.74, 6) is 0.853. The predicted molar refractivity (Wildman–Crippen MR) is 130 cm³/mol. The van der Waals surface area contributed by atoms with E-state index in [1.165, 1.54) is 5.57 Å². The van der Waals surface area contributed by atoms with E-state index in [1.54, 1.807) is 18.9 Å². The molecule has 168 valence electrons. The number of carbonyl (C=O) groups is 1. The Bertz CT molecular complexity index is 1080. The van der Waals surface area contributed by atoms with Gasteiger partial charge in [0.2, 0.25) is 5.91 Å². The highest BCUT2D eigenvalue weighted by Crippen LogP contribution is 2.33. The molecule has 2 N–H and O–H groups in total. The van der Waals surface area contributed by atoms with Crippen molar-refractivity contribution in [3.8, 4) is 5.75 Å². The van der Waals surface area contributed by atoms with Crippen LogP contribution in [0.15, 0.2) is 65.3 Å². The molecule has 0 bridgehead atoms. The molecule has 0 saturated carbocycles. The number of rotatable bonds is 8. The molecule has 1 amide bonds. The van der Waals surface area contributed by atoms with Crippen LogP contribution in [-0.4, -0.2) is 52.3 Å². The predicted octanol–water partition coefficient (Wildman–Crippen LogP) is 4.39. The summed E-state index contributed by atoms with van der Waals surface area (Å²) in [6, 6.07) is 15.7. The molecule has 0 unspecified atom stereocenters. The van der Waals surface area contributed by atoms with Gasteiger partial charge in [-0.25, -0.2) is 4.98 Å². The number of allylic oxidation sites excluding steroid dienone is 1. The largest absolute Gasteiger partial charge is 0.496 e. The highest BCUT2D eigenvalue weighted by atomic mass is 32.2. The Hall–Kier alpha value is -2.77. The first-order valence-electron chi connectivity index (χ1n) is 10.9. The molecule has 1 fully saturated rings. The van der Waals surface area contributed by atoms with Gasteiger partial charge in [0.15, 0.2) is 5.16 Å². The van der Waals surface area contributed by atoms with Gasteiger partial charge in [-0.1, -0.05) is 53.7 Å². The highest BCUT2D eigenvalue weighted by Gasteiger charge is 2.37. The van der Waals surface area contributed by atoms with E-state index in [0.717, 1.165) is 47.0 Å². The molecule has 3 aromatic rings. The van der Waals surface area contributed by atoms with Crippen molar-refractivity contribution < 1.29 is 9.53 Å². The summed E-state index contributed by atoms with van der Waals surface area (Å²) in [5.41, 5.74) is 4.26. The summed E-state index contributed by atoms with van der Waals surface area (Å²) >= 11 is 1.73. The van der Waals surface area contributed by atoms with Gasteiger partial charge < -0.3 is 15.0 Å². The number of nitrogens with one attached hydrogen (secondary N) is 2. The van der Waals surface area contributed by atoms with Crippen LogP contribution in [0.5, 0.6) is 5.75 Å². The lowest BCUT2D eigenvalue weighted by Crippen LogP contribution is -2.43. The summed E-state index contributed by atoms with van der Waals surface area (Å²) in [7, 11) is 1.65. The number of amides is 1. The van der Waals surface area contributed by atoms with Gasteiger partial charge in [-0.2, -0.15) is 0 Å². The van der Waals surface area contributed by atoms with Gasteiger partial charge in [-0.05, 0) is 38.5 Å². The molecular weight excluding hydrogens is 420 g/mol. The Morgan fingerprint density at radius 3 is 2.84 bits per heavy atom. The molecule has 0 aliphatic carbocycles. The molecule has 1 aromatic heterocycles. The topological polar surface area (TPSA) is 70.2 Å². The van der Waals surface area contributed by atoms with Crippen LogP contribution in [-0.2, 0) is 11.3 Å². The first-order chi connectivity index (χ1) is 15.6. The molecule has 4 rings (SSSR count). The van der Waals surface area contributed by atoms with Crippen molar-refractivity contribution in [2.45, 2.75) is 43.3 Å². The maximum absolute atomic E-state index is 13.2. The van der Waals surface area contributed by atoms with Gasteiger partial charge in [-0.15, -0.1) is 0 Å². The van der Waals surface area contributed by atoms with Gasteiger partial charge in [0.1, 0.15) is 5.75 Å². The molecule has 0 spiro atoms. The smallest absolute Gasteiger partial charge is 0.237 e. The summed E-state index contributed by atoms with van der Waals surface area (Å²) < 4.78 is 5.42. The number of carbonyl (C=O) groups excluding carboxylic acids is 1. The van der Waals surface area contributed by atoms with Crippen molar-refractivity contribution in [3.63, 3.8) is 0 Å². The number of hydrogen-bond donors (Lipinski definition) is 2. The lowest BCUT2D eigenvalue weighted by molar-refractivity contribution is -0.125. The van der Waals surface area contributed by atoms with E-state index in [1.807, 2.05) is 55.5 Å². The van der Waals surface area contributed by atoms with Gasteiger partial charge in [-0.3, -0.25) is 9.69 Å². The van der Waals surface area contributed by atoms with Gasteiger partial charge >= 0.3 is 0 Å². The number of para-hydroxylation sites is 3. The maximum atomic E-state index is 13.2. The molecule has 2 heterocycles. The summed E-state index contributed by atoms with van der Waals surface area (Å²) in [5, 5.41) is 4.33. The molecule has 1 aliphatic heterocycles. The summed E-state index contributed by atoms with van der Waals surface area (Å²) in [4.78, 5) is 23.6. The molecule has 2 aromatic carbocycles. The Kier molecular flexibility index (Phi) is 7.17. The third-order valence-electron chi connectivity index (χ3n) is 5.90. The fraction of sp³-hybridized carbons (Fsp3) is 0.360. The van der Waals surface area contributed by atoms with Crippen molar-refractivity contribution >= 4 is 28.7 Å². The normalized spacial score (nSPS) is 19.4. The number of hydrogen-bond acceptors (Lipinski definition) is 5. The molecular formula is C25H30N4O2S. The quantitative estimate of drug-likeness (QED) is 0.498. The van der Waals surface area contributed by atoms with E-state index >= 15 is 0 Å². The number of thioether (sulfide) groups is 1. The van der Waals surface area contributed by atoms with E-state index in [9.17, 15) is 4.79 Å². The Morgan fingerprint density at radius 1 is 1.28 bits per heavy atom. The molecule has 1 saturated heterocycles. The van der Waals surface area contributed by atoms with Crippen LogP contribution >= 0.6 is 11.8 Å². The van der Waals surface area contributed by atoms with Crippen LogP contribution in [0.3, 0.4) is 0 Å². The number of aromatic amines is 1. The zero-order valence-electron chi connectivity index (χ0n) is 18.8. The number of nitrogens with zero attached hydrogens (tertiary/aromatic N) is 2. The van der Waals surface area contributed by atoms with Crippen LogP contribution in [0.25, 0.3) is 11.0 Å². The first kappa shape index (κ1) is 22.4. The Balaban J connectivity index is 1.45. The Morgan fingerprint density at radius 2 is 2.06 bits per heavy atom. The number of likely N-dealkylation sites (tertiary alicyclic amines) is 1. The standard InChI is InChI=1S/C25H30N4O2S/c1-4-17(2)15-29-16-19(32-25-27-20-10-6-7-11-21(20)28-25)13-22(29)24(30)26-14-18-9-5-8-12-23(18)31-3/h4-12,19,22H,13-16H2,1-3H3,(H,26,30)(H,27,28)/t19-,22+/m1/s1. The fourth-order valence-electron chi connectivity index (χ4n) is 4.10. The fourth-order valence-corrected chi connectivity index (χ4v) is 5.28. The minimum absolute atomic E-state index is 0.0625. The van der Waals surface area contributed by atoms with Crippen LogP contribution in [0.1, 0.15) is 25.8 Å². The van der Waals surface area contributed by atoms with E-state index in [2.05, 4.69) is 28.2 Å². The SMILES string of the molecule is CC=C(C)CN1C[C@H](Sc2nc3ccccc3[nH]2)C[C@H]1C(=O)NCc1ccccc1OC. The van der Waals surface area contributed by atoms with Crippen molar-refractivity contribution in [1.29, 1.82) is 0 Å². The number of imidazole rings is 1. The van der Waals surface area contributed by atoms with Crippen molar-refractivity contribution in [1.82, 2.24) is 20.2 Å². The molecule has 1 aliphatic rings. The van der Waals surface area contributed by atoms with E-state index in [4.69, 9.17) is 9.72 Å². The second-order valence-electron chi connectivity index (χ2n) is 8.14. The number of fused-ring (bicyclic) bond motifs is 1. The zero-order chi connectivity index (χ0) is 22.5. The zero-order valence-corrected chi connectivity index (χ0v) is 19.6. The van der Waals surface area contributed by atoms with Gasteiger partial charge in [0.05, 0.1) is 24.2 Å². The number of H-pyrrole nitrogens is 1. The van der Waals surface area contributed by atoms with Crippen LogP contribution in [0.2, 0.25) is 0 Å². The third kappa shape index (κ3) is 5.16. The minimum Gasteiger partial charge on any atom is -0.496 e. The average Bonchev–Trinajstić information content (AvgIpc) is 3.40. The van der Waals surface area contributed by atoms with E-state index in [0.29, 0.717) is 11.8 Å². The average molecular weight is 451 g/mol. The first-order valence-corrected chi connectivity index (χ1v) is 11.8. The lowest BCUT2D eigenvalue weighted by atomic mass is 10.1. The molecule has 0 radical (unpaired) electrons. The number of aromatic nitrogens is 2. The minimum atomic E-state index is -0.165. The lowest BCUT2D eigenvalue weighted by Gasteiger charge is -2.24. The van der Waals surface area contributed by atoms with Gasteiger partial charge in [0.25, 0.3) is 0 Å². The van der Waals surface area contributed by atoms with E-state index < -0.39 is 0 Å². The second-order valence-corrected chi connectivity index (χ2v) is 9.43. The molecule has 6 nitrogen and oxygen atoms in total. The summed E-state index contributed by atoms with van der Waals surface area (Å²) in [6.07, 6.45) is 2.90. The van der Waals surface area contributed by atoms with Crippen LogP contribution < -0.4 is 10.1 Å². The van der Waals surface area contributed by atoms with Crippen LogP contribution in [0.4, 0.5) is 0 Å². The number of benzene rings is 2. The van der Waals surface area contributed by atoms with Crippen molar-refractivity contribution in [3.05, 3.63) is 65.7 Å². The van der Waals surface area contributed by atoms with E-state index in [-0.39, 0.29) is 11.9 Å². The second kappa shape index (κ2) is 10.2. The number of methoxy groups -OCH3 is 1. The molecule has 7 heteroatoms. The monoisotopic (exact) mass is 450 g/mol. The van der Waals surface area contributed by atoms with Gasteiger partial charge in [0, 0.05) is 30.4 Å². The maximum Gasteiger partial charge on any atom is 0.237 e. The third-order valence-corrected chi connectivity index (χ3v) is 7.00. The molecule has 2 atom stereocenters. The van der Waals surface area contributed by atoms with Crippen molar-refractivity contribution in [2.75, 3.05) is 20.2 Å². The molecule has 32 heavy (non-hydrogen) atoms. The van der Waals surface area contributed by atoms with Crippen molar-refractivity contribution in [2.24, 2.45) is 0 Å².